The van der Waals surface area contributed by atoms with E-state index in [1.807, 2.05) is 0 Å². The summed E-state index contributed by atoms with van der Waals surface area (Å²) >= 11 is 6.05. The summed E-state index contributed by atoms with van der Waals surface area (Å²) in [6.07, 6.45) is 3.99. The fourth-order valence-corrected chi connectivity index (χ4v) is 3.33. The molecule has 4 heteroatoms. The molecule has 0 atom stereocenters. The summed E-state index contributed by atoms with van der Waals surface area (Å²) < 4.78 is 0. The minimum atomic E-state index is 0.173. The van der Waals surface area contributed by atoms with E-state index in [1.165, 1.54) is 10.4 Å². The molecule has 0 radical (unpaired) electrons. The molecule has 0 bridgehead atoms. The van der Waals surface area contributed by atoms with Crippen molar-refractivity contribution in [1.29, 1.82) is 0 Å². The number of thiophene rings is 1. The summed E-state index contributed by atoms with van der Waals surface area (Å²) in [6, 6.07) is 2.14. The SMILES string of the molecule is CCc1ccsc1CNC(=O)CC1(CS)CC1. The molecule has 1 aromatic rings. The third kappa shape index (κ3) is 3.26. The molecule has 1 saturated carbocycles. The van der Waals surface area contributed by atoms with Gasteiger partial charge in [0.1, 0.15) is 0 Å². The van der Waals surface area contributed by atoms with Crippen LogP contribution >= 0.6 is 24.0 Å². The number of aryl methyl sites for hydroxylation is 1. The van der Waals surface area contributed by atoms with Gasteiger partial charge in [0.15, 0.2) is 0 Å². The second kappa shape index (κ2) is 5.44. The lowest BCUT2D eigenvalue weighted by Crippen LogP contribution is -2.26. The van der Waals surface area contributed by atoms with Crippen LogP contribution in [0.4, 0.5) is 0 Å². The van der Waals surface area contributed by atoms with E-state index in [4.69, 9.17) is 0 Å². The molecule has 1 fully saturated rings. The van der Waals surface area contributed by atoms with Crippen LogP contribution in [0.2, 0.25) is 0 Å². The Labute approximate surface area is 112 Å². The summed E-state index contributed by atoms with van der Waals surface area (Å²) in [5, 5.41) is 5.12. The third-order valence-corrected chi connectivity index (χ3v) is 5.13. The number of carbonyl (C=O) groups is 1. The number of carbonyl (C=O) groups excluding carboxylic acids is 1. The van der Waals surface area contributed by atoms with Crippen LogP contribution in [-0.4, -0.2) is 11.7 Å². The fraction of sp³-hybridized carbons (Fsp3) is 0.615. The summed E-state index contributed by atoms with van der Waals surface area (Å²) in [5.41, 5.74) is 1.57. The van der Waals surface area contributed by atoms with Crippen LogP contribution in [0.15, 0.2) is 11.4 Å². The van der Waals surface area contributed by atoms with E-state index in [-0.39, 0.29) is 11.3 Å². The normalized spacial score (nSPS) is 16.8. The van der Waals surface area contributed by atoms with E-state index in [2.05, 4.69) is 36.3 Å². The van der Waals surface area contributed by atoms with Crippen LogP contribution < -0.4 is 5.32 Å². The average molecular weight is 269 g/mol. The van der Waals surface area contributed by atoms with Crippen LogP contribution in [0.25, 0.3) is 0 Å². The number of amides is 1. The molecule has 0 unspecified atom stereocenters. The minimum Gasteiger partial charge on any atom is -0.351 e. The lowest BCUT2D eigenvalue weighted by Gasteiger charge is -2.11. The first-order valence-corrected chi connectivity index (χ1v) is 7.63. The van der Waals surface area contributed by atoms with Crippen molar-refractivity contribution in [3.05, 3.63) is 21.9 Å². The van der Waals surface area contributed by atoms with Crippen molar-refractivity contribution in [3.8, 4) is 0 Å². The molecule has 0 aromatic carbocycles. The van der Waals surface area contributed by atoms with Crippen molar-refractivity contribution in [3.63, 3.8) is 0 Å². The molecule has 2 nitrogen and oxygen atoms in total. The zero-order valence-electron chi connectivity index (χ0n) is 10.2. The van der Waals surface area contributed by atoms with E-state index in [0.717, 1.165) is 25.0 Å². The average Bonchev–Trinajstić information content (AvgIpc) is 2.95. The maximum Gasteiger partial charge on any atom is 0.220 e. The van der Waals surface area contributed by atoms with Gasteiger partial charge < -0.3 is 5.32 Å². The molecule has 0 aliphatic heterocycles. The molecule has 17 heavy (non-hydrogen) atoms. The summed E-state index contributed by atoms with van der Waals surface area (Å²) in [6.45, 7) is 2.83. The lowest BCUT2D eigenvalue weighted by atomic mass is 10.1. The van der Waals surface area contributed by atoms with Crippen molar-refractivity contribution < 1.29 is 4.79 Å². The van der Waals surface area contributed by atoms with Gasteiger partial charge in [-0.05, 0) is 47.4 Å². The zero-order chi connectivity index (χ0) is 12.3. The summed E-state index contributed by atoms with van der Waals surface area (Å²) in [7, 11) is 0. The Morgan fingerprint density at radius 2 is 2.35 bits per heavy atom. The fourth-order valence-electron chi connectivity index (χ4n) is 1.99. The quantitative estimate of drug-likeness (QED) is 0.764. The van der Waals surface area contributed by atoms with Gasteiger partial charge in [-0.1, -0.05) is 6.92 Å². The first-order valence-electron chi connectivity index (χ1n) is 6.12. The Morgan fingerprint density at radius 1 is 1.59 bits per heavy atom. The minimum absolute atomic E-state index is 0.173. The predicted molar refractivity (Wildman–Crippen MR) is 75.7 cm³/mol. The van der Waals surface area contributed by atoms with Crippen molar-refractivity contribution >= 4 is 29.9 Å². The van der Waals surface area contributed by atoms with Gasteiger partial charge in [-0.3, -0.25) is 4.79 Å². The largest absolute Gasteiger partial charge is 0.351 e. The lowest BCUT2D eigenvalue weighted by molar-refractivity contribution is -0.122. The second-order valence-corrected chi connectivity index (χ2v) is 6.15. The Hall–Kier alpha value is -0.480. The first kappa shape index (κ1) is 13.0. The van der Waals surface area contributed by atoms with Gasteiger partial charge in [0.25, 0.3) is 0 Å². The Bertz CT molecular complexity index is 396. The predicted octanol–water partition coefficient (Wildman–Crippen LogP) is 3.03. The maximum atomic E-state index is 11.8. The number of hydrogen-bond donors (Lipinski definition) is 2. The van der Waals surface area contributed by atoms with E-state index in [9.17, 15) is 4.79 Å². The van der Waals surface area contributed by atoms with E-state index < -0.39 is 0 Å². The molecule has 0 saturated heterocycles. The molecule has 1 aliphatic rings. The van der Waals surface area contributed by atoms with Gasteiger partial charge in [0.05, 0.1) is 6.54 Å². The third-order valence-electron chi connectivity index (χ3n) is 3.49. The van der Waals surface area contributed by atoms with Gasteiger partial charge in [0, 0.05) is 11.3 Å². The van der Waals surface area contributed by atoms with E-state index >= 15 is 0 Å². The number of nitrogens with one attached hydrogen (secondary N) is 1. The van der Waals surface area contributed by atoms with Gasteiger partial charge in [-0.25, -0.2) is 0 Å². The standard InChI is InChI=1S/C13H19NOS2/c1-2-10-3-6-17-11(10)8-14-12(15)7-13(9-16)4-5-13/h3,6,16H,2,4-5,7-9H2,1H3,(H,14,15). The van der Waals surface area contributed by atoms with Crippen molar-refractivity contribution in [1.82, 2.24) is 5.32 Å². The molecule has 1 heterocycles. The highest BCUT2D eigenvalue weighted by Crippen LogP contribution is 2.49. The van der Waals surface area contributed by atoms with Gasteiger partial charge in [-0.2, -0.15) is 12.6 Å². The molecule has 1 N–H and O–H groups in total. The first-order chi connectivity index (χ1) is 8.19. The second-order valence-electron chi connectivity index (χ2n) is 4.83. The van der Waals surface area contributed by atoms with Crippen LogP contribution in [-0.2, 0) is 17.8 Å². The van der Waals surface area contributed by atoms with Gasteiger partial charge in [-0.15, -0.1) is 11.3 Å². The van der Waals surface area contributed by atoms with Gasteiger partial charge in [0.2, 0.25) is 5.91 Å². The Morgan fingerprint density at radius 3 is 2.94 bits per heavy atom. The molecule has 1 aliphatic carbocycles. The Balaban J connectivity index is 1.80. The number of thiol groups is 1. The zero-order valence-corrected chi connectivity index (χ0v) is 11.9. The monoisotopic (exact) mass is 269 g/mol. The Kier molecular flexibility index (Phi) is 4.15. The van der Waals surface area contributed by atoms with Crippen LogP contribution in [0.3, 0.4) is 0 Å². The molecule has 1 aromatic heterocycles. The topological polar surface area (TPSA) is 29.1 Å². The highest BCUT2D eigenvalue weighted by Gasteiger charge is 2.42. The highest BCUT2D eigenvalue weighted by molar-refractivity contribution is 7.80. The molecule has 0 spiro atoms. The maximum absolute atomic E-state index is 11.8. The van der Waals surface area contributed by atoms with Crippen molar-refractivity contribution in [2.75, 3.05) is 5.75 Å². The summed E-state index contributed by atoms with van der Waals surface area (Å²) in [4.78, 5) is 13.1. The molecule has 1 amide bonds. The van der Waals surface area contributed by atoms with E-state index in [1.54, 1.807) is 11.3 Å². The smallest absolute Gasteiger partial charge is 0.220 e. The molecule has 2 rings (SSSR count). The number of hydrogen-bond acceptors (Lipinski definition) is 3. The van der Waals surface area contributed by atoms with E-state index in [0.29, 0.717) is 13.0 Å². The van der Waals surface area contributed by atoms with Crippen molar-refractivity contribution in [2.24, 2.45) is 5.41 Å². The van der Waals surface area contributed by atoms with Crippen LogP contribution in [0.1, 0.15) is 36.6 Å². The number of rotatable bonds is 6. The van der Waals surface area contributed by atoms with Crippen molar-refractivity contribution in [2.45, 2.75) is 39.2 Å². The van der Waals surface area contributed by atoms with Crippen LogP contribution in [0.5, 0.6) is 0 Å². The molecular formula is C13H19NOS2. The van der Waals surface area contributed by atoms with Gasteiger partial charge >= 0.3 is 0 Å². The van der Waals surface area contributed by atoms with Crippen LogP contribution in [0, 0.1) is 5.41 Å². The molecular weight excluding hydrogens is 250 g/mol. The molecule has 94 valence electrons. The highest BCUT2D eigenvalue weighted by atomic mass is 32.1. The summed E-state index contributed by atoms with van der Waals surface area (Å²) in [5.74, 6) is 1.01.